The summed E-state index contributed by atoms with van der Waals surface area (Å²) in [7, 11) is 0. The largest absolute Gasteiger partial charge is 0.378 e. The van der Waals surface area contributed by atoms with Crippen molar-refractivity contribution in [3.8, 4) is 0 Å². The molecule has 5 heteroatoms. The van der Waals surface area contributed by atoms with Gasteiger partial charge in [-0.3, -0.25) is 4.79 Å². The normalized spacial score (nSPS) is 18.2. The number of hydrogen-bond acceptors (Lipinski definition) is 4. The number of carbonyl (C=O) groups is 1. The molecule has 2 rings (SSSR count). The van der Waals surface area contributed by atoms with Crippen molar-refractivity contribution < 1.29 is 9.90 Å². The summed E-state index contributed by atoms with van der Waals surface area (Å²) in [6.45, 7) is 6.90. The van der Waals surface area contributed by atoms with Crippen LogP contribution >= 0.6 is 11.3 Å². The summed E-state index contributed by atoms with van der Waals surface area (Å²) >= 11 is 1.62. The third-order valence-corrected chi connectivity index (χ3v) is 4.02. The van der Waals surface area contributed by atoms with Crippen LogP contribution in [0.25, 0.3) is 0 Å². The number of thiophene rings is 1. The number of nitrogens with one attached hydrogen (secondary N) is 1. The van der Waals surface area contributed by atoms with E-state index in [1.807, 2.05) is 19.9 Å². The van der Waals surface area contributed by atoms with Gasteiger partial charge in [0.05, 0.1) is 0 Å². The van der Waals surface area contributed by atoms with Gasteiger partial charge < -0.3 is 15.3 Å². The van der Waals surface area contributed by atoms with Gasteiger partial charge >= 0.3 is 0 Å². The summed E-state index contributed by atoms with van der Waals surface area (Å²) < 4.78 is 0. The van der Waals surface area contributed by atoms with Crippen molar-refractivity contribution in [1.82, 2.24) is 10.2 Å². The third kappa shape index (κ3) is 2.68. The van der Waals surface area contributed by atoms with Crippen LogP contribution in [0.3, 0.4) is 0 Å². The molecule has 1 unspecified atom stereocenters. The maximum Gasteiger partial charge on any atom is 0.256 e. The number of piperazine rings is 1. The van der Waals surface area contributed by atoms with Gasteiger partial charge in [-0.25, -0.2) is 0 Å². The lowest BCUT2D eigenvalue weighted by Crippen LogP contribution is -2.48. The Bertz CT molecular complexity index is 411. The van der Waals surface area contributed by atoms with E-state index >= 15 is 0 Å². The molecule has 0 aromatic carbocycles. The number of amides is 1. The minimum Gasteiger partial charge on any atom is -0.378 e. The highest BCUT2D eigenvalue weighted by atomic mass is 32.1. The average Bonchev–Trinajstić information content (AvgIpc) is 2.68. The number of carbonyl (C=O) groups excluding carboxylic acids is 1. The third-order valence-electron chi connectivity index (χ3n) is 3.04. The smallest absolute Gasteiger partial charge is 0.256 e. The molecule has 0 bridgehead atoms. The molecule has 2 N–H and O–H groups in total. The van der Waals surface area contributed by atoms with Gasteiger partial charge in [-0.15, -0.1) is 11.3 Å². The van der Waals surface area contributed by atoms with Crippen molar-refractivity contribution in [3.05, 3.63) is 21.4 Å². The van der Waals surface area contributed by atoms with E-state index in [2.05, 4.69) is 5.32 Å². The molecule has 2 heterocycles. The number of aryl methyl sites for hydroxylation is 2. The maximum absolute atomic E-state index is 12.1. The van der Waals surface area contributed by atoms with Gasteiger partial charge in [-0.05, 0) is 19.9 Å². The van der Waals surface area contributed by atoms with Gasteiger partial charge in [0.15, 0.2) is 6.10 Å². The summed E-state index contributed by atoms with van der Waals surface area (Å²) in [5, 5.41) is 13.3. The van der Waals surface area contributed by atoms with Crippen LogP contribution < -0.4 is 5.32 Å². The lowest BCUT2D eigenvalue weighted by atomic mass is 10.1. The number of aliphatic hydroxyl groups excluding tert-OH is 1. The summed E-state index contributed by atoms with van der Waals surface area (Å²) in [6, 6.07) is 1.91. The molecule has 1 aromatic rings. The van der Waals surface area contributed by atoms with E-state index in [9.17, 15) is 9.90 Å². The molecule has 1 aliphatic rings. The molecule has 1 saturated heterocycles. The predicted molar refractivity (Wildman–Crippen MR) is 68.2 cm³/mol. The van der Waals surface area contributed by atoms with Gasteiger partial charge in [0.2, 0.25) is 0 Å². The minimum atomic E-state index is -1.00. The Morgan fingerprint density at radius 3 is 2.65 bits per heavy atom. The molecule has 1 aromatic heterocycles. The lowest BCUT2D eigenvalue weighted by molar-refractivity contribution is -0.141. The van der Waals surface area contributed by atoms with Crippen LogP contribution in [0.1, 0.15) is 21.4 Å². The van der Waals surface area contributed by atoms with Crippen molar-refractivity contribution in [3.63, 3.8) is 0 Å². The van der Waals surface area contributed by atoms with Crippen LogP contribution in [-0.4, -0.2) is 42.1 Å². The first-order valence-electron chi connectivity index (χ1n) is 5.84. The van der Waals surface area contributed by atoms with E-state index < -0.39 is 6.10 Å². The van der Waals surface area contributed by atoms with Crippen molar-refractivity contribution >= 4 is 17.2 Å². The number of aliphatic hydroxyl groups is 1. The lowest BCUT2D eigenvalue weighted by Gasteiger charge is -2.29. The molecule has 17 heavy (non-hydrogen) atoms. The first-order chi connectivity index (χ1) is 8.09. The second kappa shape index (κ2) is 5.16. The Labute approximate surface area is 105 Å². The minimum absolute atomic E-state index is 0.174. The topological polar surface area (TPSA) is 52.6 Å². The summed E-state index contributed by atoms with van der Waals surface area (Å²) in [4.78, 5) is 16.0. The summed E-state index contributed by atoms with van der Waals surface area (Å²) in [6.07, 6.45) is -1.00. The number of hydrogen-bond donors (Lipinski definition) is 2. The van der Waals surface area contributed by atoms with Crippen molar-refractivity contribution in [1.29, 1.82) is 0 Å². The molecule has 1 amide bonds. The monoisotopic (exact) mass is 254 g/mol. The molecular weight excluding hydrogens is 236 g/mol. The van der Waals surface area contributed by atoms with Crippen LogP contribution in [0.4, 0.5) is 0 Å². The molecule has 4 nitrogen and oxygen atoms in total. The van der Waals surface area contributed by atoms with Crippen LogP contribution in [0.5, 0.6) is 0 Å². The van der Waals surface area contributed by atoms with Gasteiger partial charge in [0.1, 0.15) is 0 Å². The fourth-order valence-electron chi connectivity index (χ4n) is 2.11. The Hall–Kier alpha value is -0.910. The van der Waals surface area contributed by atoms with Crippen molar-refractivity contribution in [2.75, 3.05) is 26.2 Å². The molecule has 0 spiro atoms. The Kier molecular flexibility index (Phi) is 3.81. The first kappa shape index (κ1) is 12.5. The van der Waals surface area contributed by atoms with E-state index in [4.69, 9.17) is 0 Å². The zero-order chi connectivity index (χ0) is 12.4. The highest BCUT2D eigenvalue weighted by Gasteiger charge is 2.26. The predicted octanol–water partition coefficient (Wildman–Crippen LogP) is 0.830. The highest BCUT2D eigenvalue weighted by Crippen LogP contribution is 2.27. The molecule has 0 aliphatic carbocycles. The standard InChI is InChI=1S/C12H18N2O2S/c1-8-7-10(9(2)17-8)11(15)12(16)14-5-3-13-4-6-14/h7,11,13,15H,3-6H2,1-2H3. The Morgan fingerprint density at radius 2 is 2.12 bits per heavy atom. The molecule has 0 saturated carbocycles. The summed E-state index contributed by atoms with van der Waals surface area (Å²) in [5.74, 6) is -0.174. The fourth-order valence-corrected chi connectivity index (χ4v) is 3.07. The summed E-state index contributed by atoms with van der Waals surface area (Å²) in [5.41, 5.74) is 0.760. The SMILES string of the molecule is Cc1cc(C(O)C(=O)N2CCNCC2)c(C)s1. The van der Waals surface area contributed by atoms with Crippen molar-refractivity contribution in [2.24, 2.45) is 0 Å². The van der Waals surface area contributed by atoms with Gasteiger partial charge in [-0.1, -0.05) is 0 Å². The molecular formula is C12H18N2O2S. The molecule has 94 valence electrons. The molecule has 1 atom stereocenters. The molecule has 1 fully saturated rings. The van der Waals surface area contributed by atoms with Gasteiger partial charge in [0, 0.05) is 41.5 Å². The first-order valence-corrected chi connectivity index (χ1v) is 6.65. The Balaban J connectivity index is 2.11. The Morgan fingerprint density at radius 1 is 1.47 bits per heavy atom. The molecule has 0 radical (unpaired) electrons. The van der Waals surface area contributed by atoms with Gasteiger partial charge in [0.25, 0.3) is 5.91 Å². The van der Waals surface area contributed by atoms with Crippen molar-refractivity contribution in [2.45, 2.75) is 20.0 Å². The van der Waals surface area contributed by atoms with E-state index in [-0.39, 0.29) is 5.91 Å². The average molecular weight is 254 g/mol. The quantitative estimate of drug-likeness (QED) is 0.822. The van der Waals surface area contributed by atoms with Crippen LogP contribution in [-0.2, 0) is 4.79 Å². The fraction of sp³-hybridized carbons (Fsp3) is 0.583. The van der Waals surface area contributed by atoms with Crippen LogP contribution in [0.15, 0.2) is 6.07 Å². The molecule has 1 aliphatic heterocycles. The van der Waals surface area contributed by atoms with Gasteiger partial charge in [-0.2, -0.15) is 0 Å². The van der Waals surface area contributed by atoms with Crippen LogP contribution in [0, 0.1) is 13.8 Å². The highest BCUT2D eigenvalue weighted by molar-refractivity contribution is 7.12. The zero-order valence-corrected chi connectivity index (χ0v) is 11.0. The zero-order valence-electron chi connectivity index (χ0n) is 10.2. The van der Waals surface area contributed by atoms with E-state index in [1.54, 1.807) is 16.2 Å². The number of rotatable bonds is 2. The number of nitrogens with zero attached hydrogens (tertiary/aromatic N) is 1. The van der Waals surface area contributed by atoms with E-state index in [0.29, 0.717) is 13.1 Å². The second-order valence-electron chi connectivity index (χ2n) is 4.35. The van der Waals surface area contributed by atoms with E-state index in [0.717, 1.165) is 28.4 Å². The second-order valence-corrected chi connectivity index (χ2v) is 5.81. The van der Waals surface area contributed by atoms with Crippen LogP contribution in [0.2, 0.25) is 0 Å². The maximum atomic E-state index is 12.1. The van der Waals surface area contributed by atoms with E-state index in [1.165, 1.54) is 0 Å².